The molecule has 146 valence electrons. The highest BCUT2D eigenvalue weighted by Crippen LogP contribution is 2.40. The number of aromatic nitrogens is 3. The minimum atomic E-state index is -0.281. The topological polar surface area (TPSA) is 59.8 Å². The molecule has 5 nitrogen and oxygen atoms in total. The standard InChI is InChI=1S/C21H23FN4OS/c1-21(2,3)26-18(11-17(25-26)14-6-7-14)19(27)24-20-23-12-16(28-20)10-13-4-8-15(22)9-5-13/h4-5,8-9,11-12,14H,6-7,10H2,1-3H3,(H,23,24,27). The van der Waals surface area contributed by atoms with E-state index in [2.05, 4.69) is 15.4 Å². The van der Waals surface area contributed by atoms with Gasteiger partial charge in [-0.15, -0.1) is 11.3 Å². The van der Waals surface area contributed by atoms with Gasteiger partial charge in [0.1, 0.15) is 11.5 Å². The zero-order valence-electron chi connectivity index (χ0n) is 16.2. The van der Waals surface area contributed by atoms with Crippen LogP contribution in [0.25, 0.3) is 0 Å². The molecule has 1 aliphatic rings. The van der Waals surface area contributed by atoms with Gasteiger partial charge in [-0.05, 0) is 57.4 Å². The monoisotopic (exact) mass is 398 g/mol. The summed E-state index contributed by atoms with van der Waals surface area (Å²) in [5.41, 5.74) is 2.28. The van der Waals surface area contributed by atoms with Crippen LogP contribution in [0.5, 0.6) is 0 Å². The Labute approximate surface area is 167 Å². The fraction of sp³-hybridized carbons (Fsp3) is 0.381. The van der Waals surface area contributed by atoms with Crippen molar-refractivity contribution in [1.29, 1.82) is 0 Å². The van der Waals surface area contributed by atoms with Gasteiger partial charge in [0.15, 0.2) is 5.13 Å². The number of hydrogen-bond donors (Lipinski definition) is 1. The number of nitrogens with zero attached hydrogens (tertiary/aromatic N) is 3. The Balaban J connectivity index is 1.50. The lowest BCUT2D eigenvalue weighted by molar-refractivity contribution is 0.100. The van der Waals surface area contributed by atoms with E-state index in [4.69, 9.17) is 0 Å². The third-order valence-electron chi connectivity index (χ3n) is 4.66. The second-order valence-electron chi connectivity index (χ2n) is 8.20. The molecular formula is C21H23FN4OS. The number of carbonyl (C=O) groups excluding carboxylic acids is 1. The van der Waals surface area contributed by atoms with Crippen LogP contribution in [0.4, 0.5) is 9.52 Å². The Morgan fingerprint density at radius 2 is 2.00 bits per heavy atom. The van der Waals surface area contributed by atoms with Crippen molar-refractivity contribution >= 4 is 22.4 Å². The van der Waals surface area contributed by atoms with Crippen molar-refractivity contribution in [1.82, 2.24) is 14.8 Å². The molecule has 2 heterocycles. The predicted molar refractivity (Wildman–Crippen MR) is 108 cm³/mol. The molecule has 0 atom stereocenters. The van der Waals surface area contributed by atoms with E-state index in [1.807, 2.05) is 31.5 Å². The van der Waals surface area contributed by atoms with E-state index in [9.17, 15) is 9.18 Å². The molecule has 2 aromatic heterocycles. The molecule has 0 radical (unpaired) electrons. The average molecular weight is 399 g/mol. The minimum Gasteiger partial charge on any atom is -0.296 e. The van der Waals surface area contributed by atoms with Crippen LogP contribution in [0.15, 0.2) is 36.5 Å². The molecule has 0 saturated heterocycles. The van der Waals surface area contributed by atoms with Crippen molar-refractivity contribution in [2.75, 3.05) is 5.32 Å². The van der Waals surface area contributed by atoms with Gasteiger partial charge in [0.2, 0.25) is 0 Å². The van der Waals surface area contributed by atoms with E-state index in [0.717, 1.165) is 29.0 Å². The average Bonchev–Trinajstić information content (AvgIpc) is 3.22. The van der Waals surface area contributed by atoms with Crippen molar-refractivity contribution < 1.29 is 9.18 Å². The molecule has 0 spiro atoms. The van der Waals surface area contributed by atoms with Crippen LogP contribution >= 0.6 is 11.3 Å². The molecule has 1 saturated carbocycles. The predicted octanol–water partition coefficient (Wildman–Crippen LogP) is 4.95. The molecule has 28 heavy (non-hydrogen) atoms. The number of nitrogens with one attached hydrogen (secondary N) is 1. The Bertz CT molecular complexity index is 996. The first-order valence-electron chi connectivity index (χ1n) is 9.40. The highest BCUT2D eigenvalue weighted by Gasteiger charge is 2.31. The molecule has 4 rings (SSSR count). The largest absolute Gasteiger partial charge is 0.296 e. The number of thiazole rings is 1. The van der Waals surface area contributed by atoms with E-state index in [0.29, 0.717) is 23.2 Å². The Morgan fingerprint density at radius 3 is 2.64 bits per heavy atom. The summed E-state index contributed by atoms with van der Waals surface area (Å²) in [5.74, 6) is 0.0383. The van der Waals surface area contributed by atoms with E-state index in [1.54, 1.807) is 18.3 Å². The zero-order valence-corrected chi connectivity index (χ0v) is 17.0. The molecule has 0 unspecified atom stereocenters. The third-order valence-corrected chi connectivity index (χ3v) is 5.57. The van der Waals surface area contributed by atoms with Crippen LogP contribution in [0.2, 0.25) is 0 Å². The van der Waals surface area contributed by atoms with Gasteiger partial charge in [-0.25, -0.2) is 9.37 Å². The van der Waals surface area contributed by atoms with Gasteiger partial charge in [-0.3, -0.25) is 14.8 Å². The van der Waals surface area contributed by atoms with E-state index in [-0.39, 0.29) is 17.3 Å². The molecule has 3 aromatic rings. The van der Waals surface area contributed by atoms with Crippen LogP contribution < -0.4 is 5.32 Å². The number of anilines is 1. The summed E-state index contributed by atoms with van der Waals surface area (Å²) in [4.78, 5) is 18.2. The van der Waals surface area contributed by atoms with Gasteiger partial charge >= 0.3 is 0 Å². The summed E-state index contributed by atoms with van der Waals surface area (Å²) in [6.07, 6.45) is 4.68. The Morgan fingerprint density at radius 1 is 1.29 bits per heavy atom. The lowest BCUT2D eigenvalue weighted by atomic mass is 10.1. The molecule has 1 N–H and O–H groups in total. The van der Waals surface area contributed by atoms with Crippen LogP contribution in [-0.2, 0) is 12.0 Å². The summed E-state index contributed by atoms with van der Waals surface area (Å²) >= 11 is 1.43. The van der Waals surface area contributed by atoms with Gasteiger partial charge in [-0.1, -0.05) is 12.1 Å². The van der Waals surface area contributed by atoms with Crippen molar-refractivity contribution in [3.05, 3.63) is 64.2 Å². The van der Waals surface area contributed by atoms with Crippen molar-refractivity contribution in [3.8, 4) is 0 Å². The number of rotatable bonds is 5. The number of halogens is 1. The van der Waals surface area contributed by atoms with E-state index >= 15 is 0 Å². The van der Waals surface area contributed by atoms with Gasteiger partial charge in [0.25, 0.3) is 5.91 Å². The van der Waals surface area contributed by atoms with Crippen molar-refractivity contribution in [2.45, 2.75) is 51.5 Å². The van der Waals surface area contributed by atoms with Gasteiger partial charge in [-0.2, -0.15) is 5.10 Å². The second-order valence-corrected chi connectivity index (χ2v) is 9.32. The van der Waals surface area contributed by atoms with E-state index in [1.165, 1.54) is 23.5 Å². The summed E-state index contributed by atoms with van der Waals surface area (Å²) < 4.78 is 14.9. The second kappa shape index (κ2) is 7.13. The molecule has 1 aliphatic carbocycles. The normalized spacial score (nSPS) is 14.3. The molecular weight excluding hydrogens is 375 g/mol. The van der Waals surface area contributed by atoms with Crippen molar-refractivity contribution in [2.24, 2.45) is 0 Å². The first-order chi connectivity index (χ1) is 13.3. The molecule has 1 fully saturated rings. The summed E-state index contributed by atoms with van der Waals surface area (Å²) in [6, 6.07) is 8.32. The maximum Gasteiger partial charge on any atom is 0.275 e. The number of amides is 1. The Hall–Kier alpha value is -2.54. The fourth-order valence-corrected chi connectivity index (χ4v) is 3.90. The first kappa shape index (κ1) is 18.8. The highest BCUT2D eigenvalue weighted by atomic mass is 32.1. The highest BCUT2D eigenvalue weighted by molar-refractivity contribution is 7.15. The summed E-state index contributed by atoms with van der Waals surface area (Å²) in [7, 11) is 0. The Kier molecular flexibility index (Phi) is 4.79. The maximum absolute atomic E-state index is 13.0. The van der Waals surface area contributed by atoms with Crippen molar-refractivity contribution in [3.63, 3.8) is 0 Å². The molecule has 0 aliphatic heterocycles. The van der Waals surface area contributed by atoms with Gasteiger partial charge in [0, 0.05) is 23.4 Å². The lowest BCUT2D eigenvalue weighted by Gasteiger charge is -2.21. The number of hydrogen-bond acceptors (Lipinski definition) is 4. The zero-order chi connectivity index (χ0) is 19.9. The molecule has 0 bridgehead atoms. The third kappa shape index (κ3) is 4.14. The van der Waals surface area contributed by atoms with E-state index < -0.39 is 0 Å². The number of benzene rings is 1. The molecule has 1 amide bonds. The number of carbonyl (C=O) groups is 1. The lowest BCUT2D eigenvalue weighted by Crippen LogP contribution is -2.29. The fourth-order valence-electron chi connectivity index (χ4n) is 3.06. The van der Waals surface area contributed by atoms with Crippen LogP contribution in [0, 0.1) is 5.82 Å². The summed E-state index contributed by atoms with van der Waals surface area (Å²) in [5, 5.41) is 8.14. The molecule has 7 heteroatoms. The van der Waals surface area contributed by atoms with Crippen LogP contribution in [0.1, 0.15) is 66.2 Å². The first-order valence-corrected chi connectivity index (χ1v) is 10.2. The van der Waals surface area contributed by atoms with Gasteiger partial charge < -0.3 is 0 Å². The smallest absolute Gasteiger partial charge is 0.275 e. The summed E-state index contributed by atoms with van der Waals surface area (Å²) in [6.45, 7) is 6.12. The maximum atomic E-state index is 13.0. The minimum absolute atomic E-state index is 0.197. The SMILES string of the molecule is CC(C)(C)n1nc(C2CC2)cc1C(=O)Nc1ncc(Cc2ccc(F)cc2)s1. The van der Waals surface area contributed by atoms with Crippen LogP contribution in [0.3, 0.4) is 0 Å². The van der Waals surface area contributed by atoms with Gasteiger partial charge in [0.05, 0.1) is 11.2 Å². The van der Waals surface area contributed by atoms with Crippen LogP contribution in [-0.4, -0.2) is 20.7 Å². The quantitative estimate of drug-likeness (QED) is 0.661. The molecule has 1 aromatic carbocycles.